The standard InChI is InChI=1S/C25H23BrN6O3/c26-15-3-1-2-14(10-15)17-11-21(30-24-22(17)23(27)28-13-29-24)20-5-4-19(31-32-20)18-12-34-35-25(18)8-6-16(33)7-9-25/h1-5,10-11,13,16,18,33H,6-9,12H2,(H2,27,28,29,30). The maximum Gasteiger partial charge on any atom is 0.165 e. The maximum atomic E-state index is 9.93. The third kappa shape index (κ3) is 4.06. The van der Waals surface area contributed by atoms with Crippen LogP contribution in [-0.2, 0) is 9.78 Å². The smallest absolute Gasteiger partial charge is 0.165 e. The van der Waals surface area contributed by atoms with Gasteiger partial charge in [0, 0.05) is 4.47 Å². The second-order valence-corrected chi connectivity index (χ2v) is 10.00. The summed E-state index contributed by atoms with van der Waals surface area (Å²) in [7, 11) is 0. The number of pyridine rings is 1. The Balaban J connectivity index is 1.39. The van der Waals surface area contributed by atoms with Crippen molar-refractivity contribution in [1.29, 1.82) is 0 Å². The quantitative estimate of drug-likeness (QED) is 0.371. The molecule has 1 aliphatic carbocycles. The molecule has 2 aliphatic rings. The number of benzene rings is 1. The molecule has 1 saturated heterocycles. The number of anilines is 1. The van der Waals surface area contributed by atoms with Crippen LogP contribution in [0.1, 0.15) is 37.3 Å². The summed E-state index contributed by atoms with van der Waals surface area (Å²) in [4.78, 5) is 24.4. The van der Waals surface area contributed by atoms with E-state index < -0.39 is 5.60 Å². The van der Waals surface area contributed by atoms with E-state index in [9.17, 15) is 5.11 Å². The first-order valence-corrected chi connectivity index (χ1v) is 12.3. The average molecular weight is 535 g/mol. The molecule has 1 aromatic carbocycles. The summed E-state index contributed by atoms with van der Waals surface area (Å²) in [5.41, 5.74) is 10.1. The lowest BCUT2D eigenvalue weighted by Crippen LogP contribution is -2.40. The predicted octanol–water partition coefficient (Wildman–Crippen LogP) is 4.21. The molecule has 1 aliphatic heterocycles. The monoisotopic (exact) mass is 534 g/mol. The second-order valence-electron chi connectivity index (χ2n) is 9.08. The minimum absolute atomic E-state index is 0.0362. The maximum absolute atomic E-state index is 9.93. The van der Waals surface area contributed by atoms with Crippen LogP contribution in [0.25, 0.3) is 33.5 Å². The van der Waals surface area contributed by atoms with Gasteiger partial charge in [-0.05, 0) is 67.1 Å². The van der Waals surface area contributed by atoms with Crippen molar-refractivity contribution in [2.45, 2.75) is 43.3 Å². The zero-order valence-corrected chi connectivity index (χ0v) is 20.4. The van der Waals surface area contributed by atoms with E-state index in [4.69, 9.17) is 20.5 Å². The van der Waals surface area contributed by atoms with Gasteiger partial charge in [0.1, 0.15) is 23.4 Å². The molecule has 1 spiro atoms. The van der Waals surface area contributed by atoms with Crippen LogP contribution >= 0.6 is 15.9 Å². The highest BCUT2D eigenvalue weighted by molar-refractivity contribution is 9.10. The highest BCUT2D eigenvalue weighted by Crippen LogP contribution is 2.46. The Morgan fingerprint density at radius 2 is 1.89 bits per heavy atom. The number of hydrogen-bond donors (Lipinski definition) is 2. The van der Waals surface area contributed by atoms with Crippen LogP contribution < -0.4 is 5.73 Å². The lowest BCUT2D eigenvalue weighted by atomic mass is 9.74. The molecule has 35 heavy (non-hydrogen) atoms. The summed E-state index contributed by atoms with van der Waals surface area (Å²) in [5, 5.41) is 19.7. The van der Waals surface area contributed by atoms with Crippen molar-refractivity contribution in [3.63, 3.8) is 0 Å². The van der Waals surface area contributed by atoms with Gasteiger partial charge in [-0.2, -0.15) is 5.10 Å². The van der Waals surface area contributed by atoms with Crippen LogP contribution in [0, 0.1) is 0 Å². The third-order valence-corrected chi connectivity index (χ3v) is 7.46. The minimum Gasteiger partial charge on any atom is -0.393 e. The molecule has 1 atom stereocenters. The van der Waals surface area contributed by atoms with E-state index in [1.165, 1.54) is 6.33 Å². The van der Waals surface area contributed by atoms with Crippen molar-refractivity contribution in [1.82, 2.24) is 25.1 Å². The molecule has 0 amide bonds. The van der Waals surface area contributed by atoms with E-state index in [1.807, 2.05) is 42.5 Å². The largest absolute Gasteiger partial charge is 0.393 e. The van der Waals surface area contributed by atoms with Crippen molar-refractivity contribution in [3.05, 3.63) is 59.0 Å². The first kappa shape index (κ1) is 22.4. The SMILES string of the molecule is Nc1ncnc2nc(-c3ccc(C4COOC45CCC(O)CC5)nn3)cc(-c3cccc(Br)c3)c12. The van der Waals surface area contributed by atoms with Gasteiger partial charge >= 0.3 is 0 Å². The summed E-state index contributed by atoms with van der Waals surface area (Å²) in [6, 6.07) is 13.8. The molecule has 1 saturated carbocycles. The number of hydrogen-bond acceptors (Lipinski definition) is 9. The van der Waals surface area contributed by atoms with Gasteiger partial charge in [0.25, 0.3) is 0 Å². The minimum atomic E-state index is -0.459. The number of nitrogens with two attached hydrogens (primary N) is 1. The number of rotatable bonds is 3. The highest BCUT2D eigenvalue weighted by atomic mass is 79.9. The van der Waals surface area contributed by atoms with Gasteiger partial charge in [0.05, 0.1) is 35.4 Å². The van der Waals surface area contributed by atoms with Crippen LogP contribution in [0.3, 0.4) is 0 Å². The number of aliphatic hydroxyl groups is 1. The van der Waals surface area contributed by atoms with E-state index >= 15 is 0 Å². The van der Waals surface area contributed by atoms with Crippen molar-refractivity contribution in [2.75, 3.05) is 12.3 Å². The van der Waals surface area contributed by atoms with Gasteiger partial charge in [-0.25, -0.2) is 24.7 Å². The third-order valence-electron chi connectivity index (χ3n) is 6.97. The summed E-state index contributed by atoms with van der Waals surface area (Å²) in [5.74, 6) is 0.334. The normalized spacial score (nSPS) is 24.3. The molecule has 178 valence electrons. The topological polar surface area (TPSA) is 129 Å². The predicted molar refractivity (Wildman–Crippen MR) is 133 cm³/mol. The molecule has 2 fully saturated rings. The fraction of sp³-hybridized carbons (Fsp3) is 0.320. The molecule has 4 heterocycles. The van der Waals surface area contributed by atoms with E-state index in [1.54, 1.807) is 0 Å². The first-order valence-electron chi connectivity index (χ1n) is 11.5. The zero-order chi connectivity index (χ0) is 24.0. The van der Waals surface area contributed by atoms with E-state index in [0.717, 1.165) is 34.1 Å². The highest BCUT2D eigenvalue weighted by Gasteiger charge is 2.49. The van der Waals surface area contributed by atoms with Crippen LogP contribution in [0.5, 0.6) is 0 Å². The molecule has 3 N–H and O–H groups in total. The fourth-order valence-corrected chi connectivity index (χ4v) is 5.47. The second kappa shape index (κ2) is 8.87. The van der Waals surface area contributed by atoms with Crippen LogP contribution in [-0.4, -0.2) is 48.6 Å². The van der Waals surface area contributed by atoms with E-state index in [-0.39, 0.29) is 12.0 Å². The zero-order valence-electron chi connectivity index (χ0n) is 18.8. The fourth-order valence-electron chi connectivity index (χ4n) is 5.08. The number of aliphatic hydroxyl groups excluding tert-OH is 1. The van der Waals surface area contributed by atoms with Crippen LogP contribution in [0.15, 0.2) is 53.3 Å². The summed E-state index contributed by atoms with van der Waals surface area (Å²) < 4.78 is 0.950. The molecule has 0 radical (unpaired) electrons. The van der Waals surface area contributed by atoms with Crippen molar-refractivity contribution in [2.24, 2.45) is 0 Å². The van der Waals surface area contributed by atoms with E-state index in [0.29, 0.717) is 47.7 Å². The lowest BCUT2D eigenvalue weighted by Gasteiger charge is -2.36. The van der Waals surface area contributed by atoms with Gasteiger partial charge < -0.3 is 10.8 Å². The molecule has 6 rings (SSSR count). The molecule has 1 unspecified atom stereocenters. The molecule has 4 aromatic rings. The molecular weight excluding hydrogens is 512 g/mol. The number of fused-ring (bicyclic) bond motifs is 1. The van der Waals surface area contributed by atoms with Crippen molar-refractivity contribution in [3.8, 4) is 22.5 Å². The average Bonchev–Trinajstić information content (AvgIpc) is 3.28. The number of halogens is 1. The molecule has 10 heteroatoms. The van der Waals surface area contributed by atoms with Gasteiger partial charge in [-0.3, -0.25) is 0 Å². The van der Waals surface area contributed by atoms with Crippen molar-refractivity contribution < 1.29 is 14.9 Å². The molecular formula is C25H23BrN6O3. The van der Waals surface area contributed by atoms with Gasteiger partial charge in [-0.15, -0.1) is 5.10 Å². The molecule has 3 aromatic heterocycles. The van der Waals surface area contributed by atoms with Gasteiger partial charge in [-0.1, -0.05) is 28.1 Å². The Bertz CT molecular complexity index is 1390. The summed E-state index contributed by atoms with van der Waals surface area (Å²) >= 11 is 3.54. The Morgan fingerprint density at radius 1 is 1.03 bits per heavy atom. The van der Waals surface area contributed by atoms with Gasteiger partial charge in [0.15, 0.2) is 5.65 Å². The number of nitrogens with zero attached hydrogens (tertiary/aromatic N) is 5. The van der Waals surface area contributed by atoms with Gasteiger partial charge in [0.2, 0.25) is 0 Å². The van der Waals surface area contributed by atoms with Crippen molar-refractivity contribution >= 4 is 32.8 Å². The molecule has 9 nitrogen and oxygen atoms in total. The summed E-state index contributed by atoms with van der Waals surface area (Å²) in [6.45, 7) is 0.418. The Kier molecular flexibility index (Phi) is 5.68. The Labute approximate surface area is 209 Å². The molecule has 0 bridgehead atoms. The first-order chi connectivity index (χ1) is 17.0. The van der Waals surface area contributed by atoms with Crippen LogP contribution in [0.2, 0.25) is 0 Å². The summed E-state index contributed by atoms with van der Waals surface area (Å²) in [6.07, 6.45) is 3.97. The Hall–Kier alpha value is -3.05. The Morgan fingerprint density at radius 3 is 2.66 bits per heavy atom. The number of aromatic nitrogens is 5. The lowest BCUT2D eigenvalue weighted by molar-refractivity contribution is -0.317. The number of nitrogen functional groups attached to an aromatic ring is 1. The van der Waals surface area contributed by atoms with E-state index in [2.05, 4.69) is 36.1 Å². The van der Waals surface area contributed by atoms with Crippen LogP contribution in [0.4, 0.5) is 5.82 Å².